The number of phenols is 1. The molecule has 5 rings (SSSR count). The zero-order chi connectivity index (χ0) is 29.7. The third-order valence-electron chi connectivity index (χ3n) is 7.83. The Balaban J connectivity index is 1.55. The molecule has 1 fully saturated rings. The van der Waals surface area contributed by atoms with Crippen molar-refractivity contribution in [3.05, 3.63) is 63.3 Å². The number of carbonyl (C=O) groups excluding carboxylic acids is 4. The Morgan fingerprint density at radius 1 is 1.05 bits per heavy atom. The summed E-state index contributed by atoms with van der Waals surface area (Å²) in [5, 5.41) is 41.3. The molecule has 0 bridgehead atoms. The molecule has 3 unspecified atom stereocenters. The Hall–Kier alpha value is -5.20. The first-order valence-corrected chi connectivity index (χ1v) is 12.7. The van der Waals surface area contributed by atoms with E-state index in [2.05, 4.69) is 15.8 Å². The summed E-state index contributed by atoms with van der Waals surface area (Å²) in [6, 6.07) is 6.58. The molecule has 13 heteroatoms. The van der Waals surface area contributed by atoms with E-state index in [4.69, 9.17) is 5.73 Å². The number of anilines is 3. The Morgan fingerprint density at radius 2 is 1.73 bits per heavy atom. The van der Waals surface area contributed by atoms with Gasteiger partial charge in [-0.1, -0.05) is 0 Å². The van der Waals surface area contributed by atoms with Gasteiger partial charge >= 0.3 is 6.03 Å². The van der Waals surface area contributed by atoms with Crippen molar-refractivity contribution in [1.82, 2.24) is 0 Å². The third kappa shape index (κ3) is 4.54. The number of primary amides is 1. The molecule has 41 heavy (non-hydrogen) atoms. The zero-order valence-electron chi connectivity index (χ0n) is 22.1. The number of benzene rings is 2. The van der Waals surface area contributed by atoms with Gasteiger partial charge in [-0.05, 0) is 65.7 Å². The first kappa shape index (κ1) is 27.4. The first-order chi connectivity index (χ1) is 19.4. The number of allylic oxidation sites excluding steroid dienone is 2. The minimum atomic E-state index is -1.23. The van der Waals surface area contributed by atoms with Crippen LogP contribution in [0, 0.1) is 22.7 Å². The van der Waals surface area contributed by atoms with Crippen molar-refractivity contribution in [1.29, 1.82) is 0 Å². The van der Waals surface area contributed by atoms with E-state index in [0.717, 1.165) is 0 Å². The largest absolute Gasteiger partial charge is 0.511 e. The molecule has 3 amide bonds. The van der Waals surface area contributed by atoms with Crippen LogP contribution < -0.4 is 21.3 Å². The van der Waals surface area contributed by atoms with Gasteiger partial charge in [0.1, 0.15) is 22.8 Å². The maximum Gasteiger partial charge on any atom is 0.323 e. The van der Waals surface area contributed by atoms with Crippen LogP contribution in [0.15, 0.2) is 52.4 Å². The number of Topliss-reactive ketones (excluding diaryl/α,β-unsaturated/α-hetero) is 2. The van der Waals surface area contributed by atoms with Crippen molar-refractivity contribution >= 4 is 52.0 Å². The summed E-state index contributed by atoms with van der Waals surface area (Å²) in [6.45, 7) is 0. The molecule has 1 saturated carbocycles. The SMILES string of the molecule is CN(C)c1cc(NC(=O)Nc2ccc(N=O)cc2)c(O)c2c1CC1CC3CC(=O)C(C(N)=O)=C(O)C3C(=O)C1=C2O. The fourth-order valence-corrected chi connectivity index (χ4v) is 6.07. The zero-order valence-corrected chi connectivity index (χ0v) is 22.1. The maximum atomic E-state index is 13.7. The number of rotatable bonds is 5. The highest BCUT2D eigenvalue weighted by Gasteiger charge is 2.51. The Labute approximate surface area is 233 Å². The lowest BCUT2D eigenvalue weighted by molar-refractivity contribution is -0.127. The highest BCUT2D eigenvalue weighted by molar-refractivity contribution is 6.21. The number of amides is 3. The topological polar surface area (TPSA) is 212 Å². The average Bonchev–Trinajstić information content (AvgIpc) is 2.89. The van der Waals surface area contributed by atoms with Gasteiger partial charge in [0.15, 0.2) is 17.3 Å². The van der Waals surface area contributed by atoms with Crippen LogP contribution in [0.1, 0.15) is 24.0 Å². The number of phenolic OH excluding ortho intramolecular Hbond substituents is 1. The maximum absolute atomic E-state index is 13.7. The molecular weight excluding hydrogens is 534 g/mol. The minimum absolute atomic E-state index is 0.0334. The number of fused-ring (bicyclic) bond motifs is 3. The molecule has 0 heterocycles. The molecule has 3 atom stereocenters. The second-order valence-corrected chi connectivity index (χ2v) is 10.5. The van der Waals surface area contributed by atoms with Crippen LogP contribution in [-0.4, -0.2) is 52.9 Å². The molecule has 0 spiro atoms. The summed E-state index contributed by atoms with van der Waals surface area (Å²) >= 11 is 0. The molecule has 13 nitrogen and oxygen atoms in total. The molecule has 2 aromatic carbocycles. The van der Waals surface area contributed by atoms with Gasteiger partial charge in [-0.2, -0.15) is 0 Å². The van der Waals surface area contributed by atoms with Crippen molar-refractivity contribution in [2.45, 2.75) is 19.3 Å². The Kier molecular flexibility index (Phi) is 6.73. The van der Waals surface area contributed by atoms with Crippen LogP contribution in [0.5, 0.6) is 5.75 Å². The molecule has 7 N–H and O–H groups in total. The van der Waals surface area contributed by atoms with Crippen LogP contribution in [0.25, 0.3) is 5.76 Å². The number of nitrogens with one attached hydrogen (secondary N) is 2. The molecule has 212 valence electrons. The summed E-state index contributed by atoms with van der Waals surface area (Å²) in [7, 11) is 3.48. The number of nitrogens with zero attached hydrogens (tertiary/aromatic N) is 2. The second-order valence-electron chi connectivity index (χ2n) is 10.5. The smallest absolute Gasteiger partial charge is 0.323 e. The summed E-state index contributed by atoms with van der Waals surface area (Å²) < 4.78 is 0. The van der Waals surface area contributed by atoms with Crippen LogP contribution in [0.4, 0.5) is 27.5 Å². The van der Waals surface area contributed by atoms with Gasteiger partial charge < -0.3 is 36.6 Å². The fraction of sp³-hybridized carbons (Fsp3) is 0.286. The molecule has 2 aromatic rings. The molecule has 0 saturated heterocycles. The van der Waals surface area contributed by atoms with E-state index in [-0.39, 0.29) is 41.8 Å². The van der Waals surface area contributed by atoms with Crippen molar-refractivity contribution in [3.63, 3.8) is 0 Å². The van der Waals surface area contributed by atoms with Crippen LogP contribution >= 0.6 is 0 Å². The Morgan fingerprint density at radius 3 is 2.34 bits per heavy atom. The molecule has 3 aliphatic rings. The normalized spacial score (nSPS) is 21.5. The van der Waals surface area contributed by atoms with Gasteiger partial charge in [0.2, 0.25) is 0 Å². The van der Waals surface area contributed by atoms with E-state index in [1.165, 1.54) is 30.3 Å². The van der Waals surface area contributed by atoms with Crippen molar-refractivity contribution in [2.24, 2.45) is 28.7 Å². The predicted molar refractivity (Wildman–Crippen MR) is 149 cm³/mol. The molecule has 0 aromatic heterocycles. The highest BCUT2D eigenvalue weighted by atomic mass is 16.3. The highest BCUT2D eigenvalue weighted by Crippen LogP contribution is 2.52. The van der Waals surface area contributed by atoms with Gasteiger partial charge in [-0.15, -0.1) is 4.91 Å². The molecule has 3 aliphatic carbocycles. The fourth-order valence-electron chi connectivity index (χ4n) is 6.07. The number of ketones is 2. The van der Waals surface area contributed by atoms with Gasteiger partial charge in [-0.3, -0.25) is 14.4 Å². The lowest BCUT2D eigenvalue weighted by Crippen LogP contribution is -2.44. The van der Waals surface area contributed by atoms with Gasteiger partial charge in [0.05, 0.1) is 17.2 Å². The number of carbonyl (C=O) groups is 4. The van der Waals surface area contributed by atoms with Crippen molar-refractivity contribution in [3.8, 4) is 5.75 Å². The standard InChI is InChI=1S/C28H27N5O8/c1-33(2)17-10-16(31-28(40)30-13-3-5-14(32-41)6-4-13)23(35)21-15(17)8-11-7-12-9-18(34)22(27(29)39)26(38)20(12)24(36)19(11)25(21)37/h3-6,10-12,20,35,37-38H,7-9H2,1-2H3,(H2,29,39)(H2,30,31,40). The third-order valence-corrected chi connectivity index (χ3v) is 7.83. The number of nitrogens with two attached hydrogens (primary N) is 1. The number of hydrogen-bond acceptors (Lipinski definition) is 10. The van der Waals surface area contributed by atoms with Crippen LogP contribution in [0.2, 0.25) is 0 Å². The number of nitroso groups, excluding NO2 is 1. The minimum Gasteiger partial charge on any atom is -0.511 e. The van der Waals surface area contributed by atoms with Crippen LogP contribution in [0.3, 0.4) is 0 Å². The Bertz CT molecular complexity index is 1590. The van der Waals surface area contributed by atoms with E-state index in [1.54, 1.807) is 19.0 Å². The van der Waals surface area contributed by atoms with Gasteiger partial charge in [-0.25, -0.2) is 4.79 Å². The van der Waals surface area contributed by atoms with Crippen LogP contribution in [-0.2, 0) is 20.8 Å². The summed E-state index contributed by atoms with van der Waals surface area (Å²) in [5.74, 6) is -6.43. The molecule has 0 aliphatic heterocycles. The van der Waals surface area contributed by atoms with E-state index in [1.807, 2.05) is 0 Å². The van der Waals surface area contributed by atoms with Crippen molar-refractivity contribution < 1.29 is 34.5 Å². The summed E-state index contributed by atoms with van der Waals surface area (Å²) in [4.78, 5) is 63.1. The monoisotopic (exact) mass is 561 g/mol. The molecule has 0 radical (unpaired) electrons. The van der Waals surface area contributed by atoms with E-state index in [9.17, 15) is 39.4 Å². The number of aliphatic hydroxyl groups is 2. The summed E-state index contributed by atoms with van der Waals surface area (Å²) in [6.07, 6.45) is 0.357. The second kappa shape index (κ2) is 10.1. The van der Waals surface area contributed by atoms with E-state index in [0.29, 0.717) is 16.9 Å². The molecular formula is C28H27N5O8. The first-order valence-electron chi connectivity index (χ1n) is 12.7. The summed E-state index contributed by atoms with van der Waals surface area (Å²) in [5.41, 5.74) is 6.17. The number of urea groups is 1. The quantitative estimate of drug-likeness (QED) is 0.179. The van der Waals surface area contributed by atoms with E-state index >= 15 is 0 Å². The average molecular weight is 562 g/mol. The lowest BCUT2D eigenvalue weighted by atomic mass is 9.61. The number of aromatic hydroxyl groups is 1. The van der Waals surface area contributed by atoms with Crippen molar-refractivity contribution in [2.75, 3.05) is 29.6 Å². The number of aliphatic hydroxyl groups excluding tert-OH is 2. The lowest BCUT2D eigenvalue weighted by Gasteiger charge is -2.41. The van der Waals surface area contributed by atoms with Gasteiger partial charge in [0, 0.05) is 37.5 Å². The number of hydrogen-bond donors (Lipinski definition) is 6. The van der Waals surface area contributed by atoms with E-state index < -0.39 is 64.1 Å². The predicted octanol–water partition coefficient (Wildman–Crippen LogP) is 3.42. The van der Waals surface area contributed by atoms with Gasteiger partial charge in [0.25, 0.3) is 5.91 Å².